The summed E-state index contributed by atoms with van der Waals surface area (Å²) in [5.41, 5.74) is 1.26. The molecule has 1 aliphatic heterocycles. The van der Waals surface area contributed by atoms with Gasteiger partial charge >= 0.3 is 0 Å². The lowest BCUT2D eigenvalue weighted by atomic mass is 10.1. The van der Waals surface area contributed by atoms with E-state index in [2.05, 4.69) is 0 Å². The van der Waals surface area contributed by atoms with Gasteiger partial charge in [0.2, 0.25) is 0 Å². The van der Waals surface area contributed by atoms with Gasteiger partial charge < -0.3 is 4.90 Å². The number of sulfone groups is 1. The molecule has 0 N–H and O–H groups in total. The average molecular weight is 424 g/mol. The van der Waals surface area contributed by atoms with Crippen molar-refractivity contribution in [3.63, 3.8) is 0 Å². The fourth-order valence-electron chi connectivity index (χ4n) is 3.33. The maximum Gasteiger partial charge on any atom is 0.255 e. The fourth-order valence-corrected chi connectivity index (χ4v) is 6.27. The van der Waals surface area contributed by atoms with Crippen molar-refractivity contribution in [2.75, 3.05) is 24.6 Å². The Labute approximate surface area is 169 Å². The molecule has 4 nitrogen and oxygen atoms in total. The van der Waals surface area contributed by atoms with Crippen LogP contribution in [0.1, 0.15) is 34.5 Å². The minimum absolute atomic E-state index is 0.0578. The van der Waals surface area contributed by atoms with E-state index in [0.29, 0.717) is 29.1 Å². The molecule has 0 aliphatic carbocycles. The summed E-state index contributed by atoms with van der Waals surface area (Å²) < 4.78 is 25.7. The maximum absolute atomic E-state index is 13.1. The van der Waals surface area contributed by atoms with Gasteiger partial charge in [-0.3, -0.25) is 4.79 Å². The fraction of sp³-hybridized carbons (Fsp3) is 0.350. The molecule has 1 fully saturated rings. The quantitative estimate of drug-likeness (QED) is 0.681. The zero-order chi connectivity index (χ0) is 19.4. The summed E-state index contributed by atoms with van der Waals surface area (Å²) in [7, 11) is -3.39. The van der Waals surface area contributed by atoms with E-state index in [-0.39, 0.29) is 18.2 Å². The Hall–Kier alpha value is -1.50. The van der Waals surface area contributed by atoms with Gasteiger partial charge in [0, 0.05) is 23.0 Å². The van der Waals surface area contributed by atoms with Gasteiger partial charge in [0.05, 0.1) is 16.6 Å². The first kappa shape index (κ1) is 20.2. The van der Waals surface area contributed by atoms with Crippen molar-refractivity contribution in [1.29, 1.82) is 0 Å². The van der Waals surface area contributed by atoms with Crippen LogP contribution in [0.2, 0.25) is 5.02 Å². The Kier molecular flexibility index (Phi) is 6.50. The van der Waals surface area contributed by atoms with Crippen molar-refractivity contribution in [3.8, 4) is 0 Å². The highest BCUT2D eigenvalue weighted by atomic mass is 35.5. The predicted octanol–water partition coefficient (Wildman–Crippen LogP) is 4.45. The number of amides is 1. The highest BCUT2D eigenvalue weighted by Gasteiger charge is 2.34. The molecule has 0 spiro atoms. The van der Waals surface area contributed by atoms with E-state index >= 15 is 0 Å². The zero-order valence-corrected chi connectivity index (χ0v) is 17.5. The molecule has 27 heavy (non-hydrogen) atoms. The van der Waals surface area contributed by atoms with Crippen LogP contribution in [0.3, 0.4) is 0 Å². The number of benzene rings is 2. The van der Waals surface area contributed by atoms with E-state index in [9.17, 15) is 13.2 Å². The summed E-state index contributed by atoms with van der Waals surface area (Å²) in [6.07, 6.45) is 0.348. The van der Waals surface area contributed by atoms with E-state index in [1.54, 1.807) is 40.9 Å². The van der Waals surface area contributed by atoms with Crippen molar-refractivity contribution >= 4 is 39.1 Å². The summed E-state index contributed by atoms with van der Waals surface area (Å²) in [6.45, 7) is 2.63. The number of nitrogens with zero attached hydrogens (tertiary/aromatic N) is 1. The number of carbonyl (C=O) groups is 1. The average Bonchev–Trinajstić information content (AvgIpc) is 2.81. The van der Waals surface area contributed by atoms with E-state index < -0.39 is 15.1 Å². The molecule has 1 unspecified atom stereocenters. The molecule has 1 saturated heterocycles. The molecule has 1 heterocycles. The third kappa shape index (κ3) is 4.50. The van der Waals surface area contributed by atoms with Crippen LogP contribution < -0.4 is 0 Å². The number of carbonyl (C=O) groups excluding carboxylic acids is 1. The minimum Gasteiger partial charge on any atom is -0.338 e. The summed E-state index contributed by atoms with van der Waals surface area (Å²) in [5.74, 6) is 0.701. The Morgan fingerprint density at radius 3 is 2.59 bits per heavy atom. The van der Waals surface area contributed by atoms with E-state index in [4.69, 9.17) is 11.6 Å². The summed E-state index contributed by atoms with van der Waals surface area (Å²) in [5, 5.41) is -0.222. The van der Waals surface area contributed by atoms with Gasteiger partial charge in [0.15, 0.2) is 9.84 Å². The lowest BCUT2D eigenvalue weighted by Gasteiger charge is -2.21. The number of hydrogen-bond acceptors (Lipinski definition) is 4. The van der Waals surface area contributed by atoms with Crippen molar-refractivity contribution < 1.29 is 13.2 Å². The van der Waals surface area contributed by atoms with Crippen LogP contribution in [0.5, 0.6) is 0 Å². The normalized spacial score (nSPS) is 19.5. The van der Waals surface area contributed by atoms with Crippen LogP contribution in [-0.4, -0.2) is 43.8 Å². The Balaban J connectivity index is 1.86. The van der Waals surface area contributed by atoms with Crippen LogP contribution in [-0.2, 0) is 9.84 Å². The van der Waals surface area contributed by atoms with E-state index in [1.165, 1.54) is 0 Å². The molecule has 2 aromatic rings. The minimum atomic E-state index is -3.39. The molecule has 1 atom stereocenters. The molecule has 7 heteroatoms. The molecular weight excluding hydrogens is 402 g/mol. The maximum atomic E-state index is 13.1. The Bertz CT molecular complexity index is 930. The second-order valence-electron chi connectivity index (χ2n) is 6.39. The van der Waals surface area contributed by atoms with Crippen molar-refractivity contribution in [2.24, 2.45) is 0 Å². The highest BCUT2D eigenvalue weighted by Crippen LogP contribution is 2.34. The van der Waals surface area contributed by atoms with Crippen LogP contribution in [0.4, 0.5) is 0 Å². The number of halogens is 1. The molecule has 0 bridgehead atoms. The standard InChI is InChI=1S/C20H22ClNO3S2/c1-2-26-18-10-6-4-8-16(18)20(23)22-12-11-19(27(24,25)14-13-22)15-7-3-5-9-17(15)21/h3-10,19H,2,11-14H2,1H3. The molecule has 1 aliphatic rings. The molecule has 0 radical (unpaired) electrons. The number of hydrogen-bond donors (Lipinski definition) is 0. The Morgan fingerprint density at radius 2 is 1.85 bits per heavy atom. The van der Waals surface area contributed by atoms with Crippen molar-refractivity contribution in [1.82, 2.24) is 4.90 Å². The molecule has 2 aromatic carbocycles. The largest absolute Gasteiger partial charge is 0.338 e. The van der Waals surface area contributed by atoms with Gasteiger partial charge in [-0.05, 0) is 35.9 Å². The summed E-state index contributed by atoms with van der Waals surface area (Å²) in [6, 6.07) is 14.5. The van der Waals surface area contributed by atoms with Gasteiger partial charge in [-0.2, -0.15) is 0 Å². The Morgan fingerprint density at radius 1 is 1.15 bits per heavy atom. The predicted molar refractivity (Wildman–Crippen MR) is 111 cm³/mol. The molecule has 1 amide bonds. The smallest absolute Gasteiger partial charge is 0.255 e. The monoisotopic (exact) mass is 423 g/mol. The highest BCUT2D eigenvalue weighted by molar-refractivity contribution is 7.99. The molecule has 144 valence electrons. The molecule has 0 saturated carbocycles. The van der Waals surface area contributed by atoms with Gasteiger partial charge in [0.25, 0.3) is 5.91 Å². The summed E-state index contributed by atoms with van der Waals surface area (Å²) >= 11 is 7.86. The van der Waals surface area contributed by atoms with Crippen LogP contribution in [0, 0.1) is 0 Å². The second-order valence-corrected chi connectivity index (χ2v) is 10.4. The van der Waals surface area contributed by atoms with E-state index in [1.807, 2.05) is 31.2 Å². The lowest BCUT2D eigenvalue weighted by Crippen LogP contribution is -2.33. The van der Waals surface area contributed by atoms with Crippen LogP contribution in [0.15, 0.2) is 53.4 Å². The van der Waals surface area contributed by atoms with Crippen LogP contribution >= 0.6 is 23.4 Å². The first-order chi connectivity index (χ1) is 12.9. The van der Waals surface area contributed by atoms with Gasteiger partial charge in [-0.15, -0.1) is 11.8 Å². The SMILES string of the molecule is CCSc1ccccc1C(=O)N1CCC(c2ccccc2Cl)S(=O)(=O)CC1. The van der Waals surface area contributed by atoms with Crippen molar-refractivity contribution in [3.05, 3.63) is 64.7 Å². The number of thioether (sulfide) groups is 1. The van der Waals surface area contributed by atoms with Gasteiger partial charge in [0.1, 0.15) is 0 Å². The molecule has 3 rings (SSSR count). The third-order valence-electron chi connectivity index (χ3n) is 4.70. The van der Waals surface area contributed by atoms with E-state index in [0.717, 1.165) is 10.6 Å². The first-order valence-electron chi connectivity index (χ1n) is 8.91. The second kappa shape index (κ2) is 8.67. The first-order valence-corrected chi connectivity index (χ1v) is 12.0. The van der Waals surface area contributed by atoms with Gasteiger partial charge in [-0.1, -0.05) is 48.9 Å². The van der Waals surface area contributed by atoms with Crippen molar-refractivity contribution in [2.45, 2.75) is 23.5 Å². The van der Waals surface area contributed by atoms with Crippen LogP contribution in [0.25, 0.3) is 0 Å². The zero-order valence-electron chi connectivity index (χ0n) is 15.1. The summed E-state index contributed by atoms with van der Waals surface area (Å²) in [4.78, 5) is 15.6. The topological polar surface area (TPSA) is 54.5 Å². The third-order valence-corrected chi connectivity index (χ3v) is 8.11. The lowest BCUT2D eigenvalue weighted by molar-refractivity contribution is 0.0763. The number of rotatable bonds is 4. The molecule has 0 aromatic heterocycles. The van der Waals surface area contributed by atoms with Gasteiger partial charge in [-0.25, -0.2) is 8.42 Å². The molecular formula is C20H22ClNO3S2.